The predicted molar refractivity (Wildman–Crippen MR) is 41.8 cm³/mol. The SMILES string of the molecule is CCOC(=O)C(F)OC1CCOC1. The standard InChI is InChI=1S/C8H13FO4/c1-2-12-8(10)7(9)13-6-3-4-11-5-6/h6-7H,2-5H2,1H3. The van der Waals surface area contributed by atoms with Gasteiger partial charge in [-0.3, -0.25) is 0 Å². The van der Waals surface area contributed by atoms with Gasteiger partial charge < -0.3 is 14.2 Å². The molecule has 0 amide bonds. The molecule has 1 saturated heterocycles. The van der Waals surface area contributed by atoms with Crippen molar-refractivity contribution >= 4 is 5.97 Å². The first kappa shape index (κ1) is 10.4. The van der Waals surface area contributed by atoms with E-state index in [0.717, 1.165) is 0 Å². The Bertz CT molecular complexity index is 168. The predicted octanol–water partition coefficient (Wildman–Crippen LogP) is 0.651. The second kappa shape index (κ2) is 5.14. The van der Waals surface area contributed by atoms with Gasteiger partial charge in [-0.25, -0.2) is 9.18 Å². The molecule has 1 rings (SSSR count). The number of alkyl halides is 1. The number of ether oxygens (including phenoxy) is 3. The van der Waals surface area contributed by atoms with E-state index in [0.29, 0.717) is 19.6 Å². The molecule has 1 heterocycles. The van der Waals surface area contributed by atoms with Crippen LogP contribution in [0, 0.1) is 0 Å². The summed E-state index contributed by atoms with van der Waals surface area (Å²) in [7, 11) is 0. The number of hydrogen-bond donors (Lipinski definition) is 0. The van der Waals surface area contributed by atoms with Crippen LogP contribution in [0.15, 0.2) is 0 Å². The summed E-state index contributed by atoms with van der Waals surface area (Å²) in [4.78, 5) is 10.8. The van der Waals surface area contributed by atoms with Crippen molar-refractivity contribution in [3.8, 4) is 0 Å². The van der Waals surface area contributed by atoms with Gasteiger partial charge >= 0.3 is 5.97 Å². The van der Waals surface area contributed by atoms with Crippen LogP contribution in [-0.2, 0) is 19.0 Å². The Morgan fingerprint density at radius 1 is 1.77 bits per heavy atom. The smallest absolute Gasteiger partial charge is 0.368 e. The van der Waals surface area contributed by atoms with Gasteiger partial charge in [-0.15, -0.1) is 0 Å². The molecule has 0 N–H and O–H groups in total. The zero-order valence-corrected chi connectivity index (χ0v) is 7.49. The average molecular weight is 192 g/mol. The van der Waals surface area contributed by atoms with Gasteiger partial charge in [-0.2, -0.15) is 0 Å². The van der Waals surface area contributed by atoms with Crippen LogP contribution in [0.4, 0.5) is 4.39 Å². The van der Waals surface area contributed by atoms with Gasteiger partial charge in [-0.1, -0.05) is 0 Å². The molecule has 0 spiro atoms. The van der Waals surface area contributed by atoms with Crippen LogP contribution in [0.5, 0.6) is 0 Å². The van der Waals surface area contributed by atoms with Crippen LogP contribution in [0.1, 0.15) is 13.3 Å². The zero-order valence-electron chi connectivity index (χ0n) is 7.49. The molecule has 0 bridgehead atoms. The third-order valence-corrected chi connectivity index (χ3v) is 1.67. The summed E-state index contributed by atoms with van der Waals surface area (Å²) in [5.74, 6) is -0.964. The van der Waals surface area contributed by atoms with Crippen molar-refractivity contribution in [3.63, 3.8) is 0 Å². The van der Waals surface area contributed by atoms with E-state index in [1.54, 1.807) is 6.92 Å². The molecule has 1 aliphatic rings. The molecule has 13 heavy (non-hydrogen) atoms. The fourth-order valence-corrected chi connectivity index (χ4v) is 1.05. The van der Waals surface area contributed by atoms with Crippen molar-refractivity contribution in [2.24, 2.45) is 0 Å². The van der Waals surface area contributed by atoms with Gasteiger partial charge in [0.25, 0.3) is 6.36 Å². The first-order chi connectivity index (χ1) is 6.24. The molecular weight excluding hydrogens is 179 g/mol. The number of carbonyl (C=O) groups excluding carboxylic acids is 1. The molecule has 0 aromatic carbocycles. The van der Waals surface area contributed by atoms with Crippen molar-refractivity contribution in [2.45, 2.75) is 25.8 Å². The van der Waals surface area contributed by atoms with Gasteiger partial charge in [0.15, 0.2) is 0 Å². The first-order valence-electron chi connectivity index (χ1n) is 4.28. The molecule has 5 heteroatoms. The average Bonchev–Trinajstić information content (AvgIpc) is 2.57. The van der Waals surface area contributed by atoms with Gasteiger partial charge in [0.1, 0.15) is 0 Å². The normalized spacial score (nSPS) is 24.3. The molecule has 2 atom stereocenters. The van der Waals surface area contributed by atoms with E-state index in [1.165, 1.54) is 0 Å². The molecule has 2 unspecified atom stereocenters. The van der Waals surface area contributed by atoms with Crippen LogP contribution < -0.4 is 0 Å². The van der Waals surface area contributed by atoms with Crippen LogP contribution in [0.2, 0.25) is 0 Å². The highest BCUT2D eigenvalue weighted by Crippen LogP contribution is 2.12. The van der Waals surface area contributed by atoms with Crippen LogP contribution in [-0.4, -0.2) is 38.3 Å². The lowest BCUT2D eigenvalue weighted by atomic mass is 10.3. The number of hydrogen-bond acceptors (Lipinski definition) is 4. The summed E-state index contributed by atoms with van der Waals surface area (Å²) in [6.45, 7) is 2.67. The topological polar surface area (TPSA) is 44.8 Å². The molecule has 0 radical (unpaired) electrons. The monoisotopic (exact) mass is 192 g/mol. The largest absolute Gasteiger partial charge is 0.462 e. The molecule has 1 aliphatic heterocycles. The Kier molecular flexibility index (Phi) is 4.11. The fraction of sp³-hybridized carbons (Fsp3) is 0.875. The van der Waals surface area contributed by atoms with Crippen molar-refractivity contribution in [1.29, 1.82) is 0 Å². The van der Waals surface area contributed by atoms with E-state index in [1.807, 2.05) is 0 Å². The highest BCUT2D eigenvalue weighted by atomic mass is 19.1. The third-order valence-electron chi connectivity index (χ3n) is 1.67. The summed E-state index contributed by atoms with van der Waals surface area (Å²) in [5.41, 5.74) is 0. The summed E-state index contributed by atoms with van der Waals surface area (Å²) in [6, 6.07) is 0. The molecule has 76 valence electrons. The molecule has 1 fully saturated rings. The maximum Gasteiger partial charge on any atom is 0.368 e. The Morgan fingerprint density at radius 2 is 2.54 bits per heavy atom. The lowest BCUT2D eigenvalue weighted by Gasteiger charge is -2.12. The quantitative estimate of drug-likeness (QED) is 0.613. The minimum Gasteiger partial charge on any atom is -0.462 e. The third kappa shape index (κ3) is 3.28. The number of carbonyl (C=O) groups is 1. The molecule has 4 nitrogen and oxygen atoms in total. The number of halogens is 1. The highest BCUT2D eigenvalue weighted by Gasteiger charge is 2.26. The second-order valence-electron chi connectivity index (χ2n) is 2.69. The maximum atomic E-state index is 12.9. The summed E-state index contributed by atoms with van der Waals surface area (Å²) >= 11 is 0. The van der Waals surface area contributed by atoms with Gasteiger partial charge in [0, 0.05) is 6.61 Å². The minimum absolute atomic E-state index is 0.157. The van der Waals surface area contributed by atoms with E-state index in [4.69, 9.17) is 9.47 Å². The van der Waals surface area contributed by atoms with Crippen LogP contribution in [0.3, 0.4) is 0 Å². The highest BCUT2D eigenvalue weighted by molar-refractivity contribution is 5.72. The molecule has 0 aromatic heterocycles. The molecule has 0 aliphatic carbocycles. The second-order valence-corrected chi connectivity index (χ2v) is 2.69. The van der Waals surface area contributed by atoms with Crippen LogP contribution >= 0.6 is 0 Å². The maximum absolute atomic E-state index is 12.9. The van der Waals surface area contributed by atoms with Crippen molar-refractivity contribution in [2.75, 3.05) is 19.8 Å². The van der Waals surface area contributed by atoms with E-state index in [-0.39, 0.29) is 12.7 Å². The lowest BCUT2D eigenvalue weighted by Crippen LogP contribution is -2.27. The Morgan fingerprint density at radius 3 is 3.08 bits per heavy atom. The van der Waals surface area contributed by atoms with E-state index in [2.05, 4.69) is 4.74 Å². The van der Waals surface area contributed by atoms with Gasteiger partial charge in [-0.05, 0) is 13.3 Å². The molecular formula is C8H13FO4. The number of esters is 1. The van der Waals surface area contributed by atoms with E-state index >= 15 is 0 Å². The Labute approximate surface area is 76.0 Å². The Hall–Kier alpha value is -0.680. The number of rotatable bonds is 4. The van der Waals surface area contributed by atoms with Crippen LogP contribution in [0.25, 0.3) is 0 Å². The van der Waals surface area contributed by atoms with Crippen molar-refractivity contribution < 1.29 is 23.4 Å². The van der Waals surface area contributed by atoms with E-state index < -0.39 is 12.3 Å². The lowest BCUT2D eigenvalue weighted by molar-refractivity contribution is -0.176. The summed E-state index contributed by atoms with van der Waals surface area (Å²) in [5, 5.41) is 0. The zero-order chi connectivity index (χ0) is 9.68. The minimum atomic E-state index is -1.98. The van der Waals surface area contributed by atoms with E-state index in [9.17, 15) is 9.18 Å². The van der Waals surface area contributed by atoms with Gasteiger partial charge in [0.2, 0.25) is 0 Å². The Balaban J connectivity index is 2.22. The fourth-order valence-electron chi connectivity index (χ4n) is 1.05. The van der Waals surface area contributed by atoms with Crippen molar-refractivity contribution in [3.05, 3.63) is 0 Å². The van der Waals surface area contributed by atoms with Crippen molar-refractivity contribution in [1.82, 2.24) is 0 Å². The van der Waals surface area contributed by atoms with Gasteiger partial charge in [0.05, 0.1) is 19.3 Å². The first-order valence-corrected chi connectivity index (χ1v) is 4.28. The molecule has 0 saturated carbocycles. The molecule has 0 aromatic rings. The summed E-state index contributed by atoms with van der Waals surface area (Å²) in [6.07, 6.45) is -1.68. The summed E-state index contributed by atoms with van der Waals surface area (Å²) < 4.78 is 27.0.